The lowest BCUT2D eigenvalue weighted by molar-refractivity contribution is 1.28. The van der Waals surface area contributed by atoms with Crippen molar-refractivity contribution in [3.63, 3.8) is 0 Å². The van der Waals surface area contributed by atoms with E-state index in [1.807, 2.05) is 30.3 Å². The van der Waals surface area contributed by atoms with Gasteiger partial charge in [0.25, 0.3) is 0 Å². The fourth-order valence-corrected chi connectivity index (χ4v) is 1.89. The lowest BCUT2D eigenvalue weighted by Gasteiger charge is -2.03. The highest BCUT2D eigenvalue weighted by molar-refractivity contribution is 7.78. The first-order valence-corrected chi connectivity index (χ1v) is 6.12. The van der Waals surface area contributed by atoms with E-state index in [2.05, 4.69) is 53.2 Å². The molecule has 1 nitrogen and oxygen atoms in total. The minimum atomic E-state index is 0.831. The van der Waals surface area contributed by atoms with Crippen LogP contribution in [0.15, 0.2) is 66.2 Å². The van der Waals surface area contributed by atoms with Crippen molar-refractivity contribution in [2.75, 3.05) is 0 Å². The molecule has 2 heteroatoms. The summed E-state index contributed by atoms with van der Waals surface area (Å²) in [5.74, 6) is 0. The van der Waals surface area contributed by atoms with E-state index in [-0.39, 0.29) is 0 Å². The molecule has 2 aromatic carbocycles. The molecule has 88 valence electrons. The maximum atomic E-state index is 4.57. The molecular formula is C16H13NS. The Labute approximate surface area is 113 Å². The van der Waals surface area contributed by atoms with Crippen molar-refractivity contribution in [1.82, 2.24) is 0 Å². The van der Waals surface area contributed by atoms with Gasteiger partial charge in [-0.2, -0.15) is 4.99 Å². The molecule has 0 bridgehead atoms. The largest absolute Gasteiger partial charge is 0.195 e. The second-order valence-electron chi connectivity index (χ2n) is 3.94. The van der Waals surface area contributed by atoms with Gasteiger partial charge in [0.05, 0.1) is 10.8 Å². The highest BCUT2D eigenvalue weighted by Gasteiger charge is 1.98. The maximum absolute atomic E-state index is 4.57. The third-order valence-corrected chi connectivity index (χ3v) is 2.80. The normalized spacial score (nSPS) is 9.56. The molecule has 0 radical (unpaired) electrons. The van der Waals surface area contributed by atoms with Gasteiger partial charge in [-0.25, -0.2) is 0 Å². The van der Waals surface area contributed by atoms with Crippen LogP contribution in [-0.4, -0.2) is 5.16 Å². The van der Waals surface area contributed by atoms with Gasteiger partial charge >= 0.3 is 0 Å². The van der Waals surface area contributed by atoms with Gasteiger partial charge in [-0.05, 0) is 47.5 Å². The van der Waals surface area contributed by atoms with Crippen molar-refractivity contribution >= 4 is 23.1 Å². The van der Waals surface area contributed by atoms with Crippen molar-refractivity contribution in [3.8, 4) is 11.1 Å². The Morgan fingerprint density at radius 2 is 1.56 bits per heavy atom. The van der Waals surface area contributed by atoms with E-state index in [1.54, 1.807) is 0 Å². The van der Waals surface area contributed by atoms with Crippen molar-refractivity contribution in [3.05, 3.63) is 66.7 Å². The molecule has 0 spiro atoms. The summed E-state index contributed by atoms with van der Waals surface area (Å²) in [4.78, 5) is 3.93. The number of thiocarbonyl (C=S) groups is 1. The van der Waals surface area contributed by atoms with Gasteiger partial charge in [-0.3, -0.25) is 0 Å². The fourth-order valence-electron chi connectivity index (χ4n) is 1.78. The Morgan fingerprint density at radius 1 is 1.00 bits per heavy atom. The highest BCUT2D eigenvalue weighted by Crippen LogP contribution is 2.23. The first kappa shape index (κ1) is 12.4. The van der Waals surface area contributed by atoms with Gasteiger partial charge in [-0.1, -0.05) is 42.5 Å². The number of isothiocyanates is 1. The molecule has 0 aliphatic heterocycles. The molecule has 0 aromatic heterocycles. The summed E-state index contributed by atoms with van der Waals surface area (Å²) >= 11 is 4.57. The number of aliphatic imine (C=N–C) groups is 1. The Bertz CT molecular complexity index is 575. The zero-order valence-electron chi connectivity index (χ0n) is 9.97. The number of allylic oxidation sites excluding steroid dienone is 1. The van der Waals surface area contributed by atoms with Crippen molar-refractivity contribution < 1.29 is 0 Å². The standard InChI is InChI=1S/C16H13NS/c1-2-3-13-4-6-14(7-5-13)15-8-10-16(11-9-15)17-12-18/h2,4-11H,1,3H2. The van der Waals surface area contributed by atoms with Crippen LogP contribution in [-0.2, 0) is 6.42 Å². The Kier molecular flexibility index (Phi) is 4.19. The van der Waals surface area contributed by atoms with Gasteiger partial charge in [-0.15, -0.1) is 6.58 Å². The number of nitrogens with zero attached hydrogens (tertiary/aromatic N) is 1. The third kappa shape index (κ3) is 3.01. The second kappa shape index (κ2) is 6.06. The Hall–Kier alpha value is -2.02. The topological polar surface area (TPSA) is 12.4 Å². The van der Waals surface area contributed by atoms with Crippen LogP contribution < -0.4 is 0 Å². The number of benzene rings is 2. The minimum Gasteiger partial charge on any atom is -0.195 e. The summed E-state index contributed by atoms with van der Waals surface area (Å²) in [6, 6.07) is 16.4. The first-order chi connectivity index (χ1) is 8.83. The Balaban J connectivity index is 2.25. The van der Waals surface area contributed by atoms with Gasteiger partial charge in [0, 0.05) is 0 Å². The van der Waals surface area contributed by atoms with E-state index in [4.69, 9.17) is 0 Å². The fraction of sp³-hybridized carbons (Fsp3) is 0.0625. The smallest absolute Gasteiger partial charge is 0.0739 e. The molecule has 0 unspecified atom stereocenters. The molecule has 0 amide bonds. The number of rotatable bonds is 4. The average molecular weight is 251 g/mol. The van der Waals surface area contributed by atoms with Crippen molar-refractivity contribution in [2.45, 2.75) is 6.42 Å². The van der Waals surface area contributed by atoms with Crippen LogP contribution in [0.4, 0.5) is 5.69 Å². The number of hydrogen-bond acceptors (Lipinski definition) is 2. The van der Waals surface area contributed by atoms with E-state index < -0.39 is 0 Å². The van der Waals surface area contributed by atoms with Gasteiger partial charge < -0.3 is 0 Å². The molecule has 0 aliphatic carbocycles. The molecule has 0 N–H and O–H groups in total. The van der Waals surface area contributed by atoms with E-state index in [0.29, 0.717) is 0 Å². The molecule has 0 fully saturated rings. The van der Waals surface area contributed by atoms with E-state index in [1.165, 1.54) is 16.7 Å². The van der Waals surface area contributed by atoms with E-state index in [9.17, 15) is 0 Å². The van der Waals surface area contributed by atoms with Crippen LogP contribution in [0.3, 0.4) is 0 Å². The summed E-state index contributed by atoms with van der Waals surface area (Å²) in [6.07, 6.45) is 2.82. The summed E-state index contributed by atoms with van der Waals surface area (Å²) < 4.78 is 0. The van der Waals surface area contributed by atoms with Gasteiger partial charge in [0.15, 0.2) is 0 Å². The highest BCUT2D eigenvalue weighted by atomic mass is 32.1. The Morgan fingerprint density at radius 3 is 2.06 bits per heavy atom. The zero-order valence-corrected chi connectivity index (χ0v) is 10.8. The second-order valence-corrected chi connectivity index (χ2v) is 4.12. The molecule has 0 saturated heterocycles. The van der Waals surface area contributed by atoms with Crippen molar-refractivity contribution in [1.29, 1.82) is 0 Å². The summed E-state index contributed by atoms with van der Waals surface area (Å²) in [6.45, 7) is 3.74. The maximum Gasteiger partial charge on any atom is 0.0739 e. The van der Waals surface area contributed by atoms with E-state index >= 15 is 0 Å². The molecule has 0 saturated carbocycles. The molecule has 0 atom stereocenters. The number of hydrogen-bond donors (Lipinski definition) is 0. The van der Waals surface area contributed by atoms with Gasteiger partial charge in [0.1, 0.15) is 0 Å². The summed E-state index contributed by atoms with van der Waals surface area (Å²) in [7, 11) is 0. The van der Waals surface area contributed by atoms with E-state index in [0.717, 1.165) is 12.1 Å². The average Bonchev–Trinajstić information content (AvgIpc) is 2.41. The molecule has 0 heterocycles. The monoisotopic (exact) mass is 251 g/mol. The third-order valence-electron chi connectivity index (χ3n) is 2.71. The molecule has 0 aliphatic rings. The molecular weight excluding hydrogens is 238 g/mol. The molecule has 18 heavy (non-hydrogen) atoms. The van der Waals surface area contributed by atoms with Crippen molar-refractivity contribution in [2.24, 2.45) is 4.99 Å². The van der Waals surface area contributed by atoms with Crippen LogP contribution in [0.25, 0.3) is 11.1 Å². The minimum absolute atomic E-state index is 0.831. The lowest BCUT2D eigenvalue weighted by Crippen LogP contribution is -1.81. The lowest BCUT2D eigenvalue weighted by atomic mass is 10.0. The molecule has 2 rings (SSSR count). The summed E-state index contributed by atoms with van der Waals surface area (Å²) in [5.41, 5.74) is 4.47. The van der Waals surface area contributed by atoms with Crippen LogP contribution in [0.5, 0.6) is 0 Å². The van der Waals surface area contributed by atoms with Crippen LogP contribution in [0.2, 0.25) is 0 Å². The quantitative estimate of drug-likeness (QED) is 0.431. The predicted molar refractivity (Wildman–Crippen MR) is 80.5 cm³/mol. The predicted octanol–water partition coefficient (Wildman–Crippen LogP) is 4.82. The zero-order chi connectivity index (χ0) is 12.8. The first-order valence-electron chi connectivity index (χ1n) is 5.71. The van der Waals surface area contributed by atoms with Crippen LogP contribution in [0.1, 0.15) is 5.56 Å². The van der Waals surface area contributed by atoms with Crippen LogP contribution in [0, 0.1) is 0 Å². The van der Waals surface area contributed by atoms with Crippen LogP contribution >= 0.6 is 12.2 Å². The van der Waals surface area contributed by atoms with Gasteiger partial charge in [0.2, 0.25) is 0 Å². The SMILES string of the molecule is C=CCc1ccc(-c2ccc(N=C=S)cc2)cc1. The molecule has 2 aromatic rings. The summed E-state index contributed by atoms with van der Waals surface area (Å²) in [5, 5.41) is 2.36.